The predicted octanol–water partition coefficient (Wildman–Crippen LogP) is 0.499. The van der Waals surface area contributed by atoms with E-state index in [4.69, 9.17) is 10.5 Å². The zero-order valence-corrected chi connectivity index (χ0v) is 15.2. The Morgan fingerprint density at radius 1 is 1.14 bits per heavy atom. The Balaban J connectivity index is 1.81. The van der Waals surface area contributed by atoms with Crippen LogP contribution in [0.2, 0.25) is 0 Å². The quantitative estimate of drug-likeness (QED) is 0.511. The fourth-order valence-corrected chi connectivity index (χ4v) is 3.25. The first-order valence-electron chi connectivity index (χ1n) is 8.85. The van der Waals surface area contributed by atoms with Crippen LogP contribution in [0.4, 0.5) is 5.82 Å². The molecule has 9 heteroatoms. The molecule has 1 saturated heterocycles. The van der Waals surface area contributed by atoms with Crippen molar-refractivity contribution in [2.24, 2.45) is 0 Å². The highest BCUT2D eigenvalue weighted by Crippen LogP contribution is 2.34. The van der Waals surface area contributed by atoms with Gasteiger partial charge < -0.3 is 25.8 Å². The van der Waals surface area contributed by atoms with Crippen molar-refractivity contribution in [3.63, 3.8) is 0 Å². The van der Waals surface area contributed by atoms with Gasteiger partial charge in [0, 0.05) is 0 Å². The van der Waals surface area contributed by atoms with Gasteiger partial charge in [-0.1, -0.05) is 35.9 Å². The molecule has 1 aliphatic rings. The van der Waals surface area contributed by atoms with Crippen molar-refractivity contribution in [3.8, 4) is 0 Å². The van der Waals surface area contributed by atoms with Crippen molar-refractivity contribution in [1.29, 1.82) is 0 Å². The number of benzene rings is 1. The fourth-order valence-electron chi connectivity index (χ4n) is 3.25. The van der Waals surface area contributed by atoms with Gasteiger partial charge in [-0.3, -0.25) is 4.57 Å². The molecule has 0 aliphatic carbocycles. The van der Waals surface area contributed by atoms with Crippen molar-refractivity contribution in [3.05, 3.63) is 47.5 Å². The SMILES string of the molecule is Cc1ccc(/C=C/c2nc3c(N)ncnc3n2[C@@H]2O[C@H](CO)[C@@H](O)[C@H]2O)cc1. The van der Waals surface area contributed by atoms with Gasteiger partial charge in [-0.15, -0.1) is 0 Å². The van der Waals surface area contributed by atoms with Gasteiger partial charge in [0.05, 0.1) is 6.61 Å². The lowest BCUT2D eigenvalue weighted by atomic mass is 10.1. The first kappa shape index (κ1) is 18.5. The summed E-state index contributed by atoms with van der Waals surface area (Å²) in [6.45, 7) is 1.59. The van der Waals surface area contributed by atoms with Gasteiger partial charge in [0.15, 0.2) is 23.2 Å². The summed E-state index contributed by atoms with van der Waals surface area (Å²) in [6.07, 6.45) is 0.514. The summed E-state index contributed by atoms with van der Waals surface area (Å²) < 4.78 is 7.23. The minimum absolute atomic E-state index is 0.195. The maximum absolute atomic E-state index is 10.5. The van der Waals surface area contributed by atoms with E-state index in [9.17, 15) is 15.3 Å². The number of rotatable bonds is 4. The molecule has 0 saturated carbocycles. The minimum atomic E-state index is -1.27. The summed E-state index contributed by atoms with van der Waals surface area (Å²) in [5, 5.41) is 30.0. The molecule has 0 unspecified atom stereocenters. The highest BCUT2D eigenvalue weighted by Gasteiger charge is 2.44. The van der Waals surface area contributed by atoms with Crippen LogP contribution < -0.4 is 5.73 Å². The Morgan fingerprint density at radius 3 is 2.57 bits per heavy atom. The fraction of sp³-hybridized carbons (Fsp3) is 0.316. The van der Waals surface area contributed by atoms with Gasteiger partial charge in [-0.05, 0) is 18.6 Å². The topological polar surface area (TPSA) is 140 Å². The van der Waals surface area contributed by atoms with Gasteiger partial charge in [-0.2, -0.15) is 0 Å². The molecule has 1 aliphatic heterocycles. The summed E-state index contributed by atoms with van der Waals surface area (Å²) in [7, 11) is 0. The Labute approximate surface area is 160 Å². The summed E-state index contributed by atoms with van der Waals surface area (Å²) in [6, 6.07) is 7.94. The number of hydrogen-bond acceptors (Lipinski definition) is 8. The van der Waals surface area contributed by atoms with Crippen LogP contribution in [0, 0.1) is 6.92 Å². The maximum atomic E-state index is 10.5. The van der Waals surface area contributed by atoms with E-state index in [0.717, 1.165) is 11.1 Å². The molecule has 1 aromatic carbocycles. The van der Waals surface area contributed by atoms with E-state index < -0.39 is 31.1 Å². The van der Waals surface area contributed by atoms with E-state index in [1.165, 1.54) is 6.33 Å². The zero-order chi connectivity index (χ0) is 19.8. The lowest BCUT2D eigenvalue weighted by Gasteiger charge is -2.18. The predicted molar refractivity (Wildman–Crippen MR) is 103 cm³/mol. The smallest absolute Gasteiger partial charge is 0.168 e. The number of anilines is 1. The number of hydrogen-bond donors (Lipinski definition) is 4. The van der Waals surface area contributed by atoms with Crippen molar-refractivity contribution in [1.82, 2.24) is 19.5 Å². The van der Waals surface area contributed by atoms with Crippen molar-refractivity contribution in [2.45, 2.75) is 31.5 Å². The Hall–Kier alpha value is -2.85. The molecule has 9 nitrogen and oxygen atoms in total. The van der Waals surface area contributed by atoms with Crippen molar-refractivity contribution in [2.75, 3.05) is 12.3 Å². The minimum Gasteiger partial charge on any atom is -0.394 e. The third-order valence-corrected chi connectivity index (χ3v) is 4.81. The monoisotopic (exact) mass is 383 g/mol. The van der Waals surface area contributed by atoms with E-state index in [2.05, 4.69) is 15.0 Å². The average Bonchev–Trinajstić information content (AvgIpc) is 3.20. The summed E-state index contributed by atoms with van der Waals surface area (Å²) in [4.78, 5) is 12.7. The first-order chi connectivity index (χ1) is 13.5. The molecule has 0 spiro atoms. The number of aliphatic hydroxyl groups is 3. The second kappa shape index (κ2) is 7.28. The maximum Gasteiger partial charge on any atom is 0.168 e. The van der Waals surface area contributed by atoms with Crippen LogP contribution in [-0.2, 0) is 4.74 Å². The van der Waals surface area contributed by atoms with Crippen LogP contribution in [0.15, 0.2) is 30.6 Å². The van der Waals surface area contributed by atoms with E-state index in [1.54, 1.807) is 10.6 Å². The number of nitrogens with two attached hydrogens (primary N) is 1. The number of aromatic nitrogens is 4. The summed E-state index contributed by atoms with van der Waals surface area (Å²) in [5.74, 6) is 0.623. The molecule has 2 aromatic heterocycles. The van der Waals surface area contributed by atoms with Crippen molar-refractivity contribution >= 4 is 29.1 Å². The van der Waals surface area contributed by atoms with Crippen LogP contribution in [0.5, 0.6) is 0 Å². The number of nitrogen functional groups attached to an aromatic ring is 1. The van der Waals surface area contributed by atoms with Gasteiger partial charge in [0.25, 0.3) is 0 Å². The number of nitrogens with zero attached hydrogens (tertiary/aromatic N) is 4. The van der Waals surface area contributed by atoms with Gasteiger partial charge >= 0.3 is 0 Å². The van der Waals surface area contributed by atoms with E-state index in [-0.39, 0.29) is 5.82 Å². The highest BCUT2D eigenvalue weighted by molar-refractivity contribution is 5.84. The molecule has 0 amide bonds. The second-order valence-corrected chi connectivity index (χ2v) is 6.74. The molecule has 1 fully saturated rings. The van der Waals surface area contributed by atoms with Gasteiger partial charge in [-0.25, -0.2) is 15.0 Å². The molecule has 0 radical (unpaired) electrons. The van der Waals surface area contributed by atoms with E-state index in [1.807, 2.05) is 37.3 Å². The lowest BCUT2D eigenvalue weighted by molar-refractivity contribution is -0.0513. The standard InChI is InChI=1S/C19H21N5O4/c1-10-2-4-11(5-3-10)6-7-13-23-14-17(20)21-9-22-18(14)24(13)19-16(27)15(26)12(8-25)28-19/h2-7,9,12,15-16,19,25-27H,8H2,1H3,(H2,20,21,22)/b7-6+/t12-,15-,16-,19-/m1/s1. The van der Waals surface area contributed by atoms with Crippen LogP contribution in [0.25, 0.3) is 23.3 Å². The molecule has 5 N–H and O–H groups in total. The highest BCUT2D eigenvalue weighted by atomic mass is 16.6. The van der Waals surface area contributed by atoms with Crippen LogP contribution in [0.3, 0.4) is 0 Å². The molecular formula is C19H21N5O4. The Morgan fingerprint density at radius 2 is 1.89 bits per heavy atom. The molecule has 4 rings (SSSR count). The van der Waals surface area contributed by atoms with Crippen LogP contribution in [-0.4, -0.2) is 59.8 Å². The third kappa shape index (κ3) is 3.14. The van der Waals surface area contributed by atoms with Crippen molar-refractivity contribution < 1.29 is 20.1 Å². The number of aryl methyl sites for hydroxylation is 1. The van der Waals surface area contributed by atoms with E-state index >= 15 is 0 Å². The molecule has 0 bridgehead atoms. The summed E-state index contributed by atoms with van der Waals surface area (Å²) >= 11 is 0. The second-order valence-electron chi connectivity index (χ2n) is 6.74. The Bertz CT molecular complexity index is 1020. The molecule has 28 heavy (non-hydrogen) atoms. The molecule has 3 aromatic rings. The van der Waals surface area contributed by atoms with Gasteiger partial charge in [0.1, 0.15) is 30.5 Å². The zero-order valence-electron chi connectivity index (χ0n) is 15.2. The average molecular weight is 383 g/mol. The number of aliphatic hydroxyl groups excluding tert-OH is 3. The number of ether oxygens (including phenoxy) is 1. The van der Waals surface area contributed by atoms with E-state index in [0.29, 0.717) is 17.0 Å². The molecule has 3 heterocycles. The van der Waals surface area contributed by atoms with Crippen LogP contribution >= 0.6 is 0 Å². The Kier molecular flexibility index (Phi) is 4.82. The molecular weight excluding hydrogens is 362 g/mol. The molecule has 4 atom stereocenters. The summed E-state index contributed by atoms with van der Waals surface area (Å²) in [5.41, 5.74) is 8.78. The number of fused-ring (bicyclic) bond motifs is 1. The van der Waals surface area contributed by atoms with Gasteiger partial charge in [0.2, 0.25) is 0 Å². The third-order valence-electron chi connectivity index (χ3n) is 4.81. The largest absolute Gasteiger partial charge is 0.394 e. The number of imidazole rings is 1. The lowest BCUT2D eigenvalue weighted by Crippen LogP contribution is -2.33. The normalized spacial score (nSPS) is 25.1. The first-order valence-corrected chi connectivity index (χ1v) is 8.85. The molecule has 146 valence electrons. The van der Waals surface area contributed by atoms with Crippen LogP contribution in [0.1, 0.15) is 23.2 Å².